The van der Waals surface area contributed by atoms with Crippen LogP contribution in [0.3, 0.4) is 0 Å². The first-order valence-corrected chi connectivity index (χ1v) is 6.62. The molecule has 3 nitrogen and oxygen atoms in total. The molecule has 1 N–H and O–H groups in total. The molecular formula is C11H17NO2S. The fraction of sp³-hybridized carbons (Fsp3) is 0.818. The smallest absolute Gasteiger partial charge is 0.230 e. The fourth-order valence-electron chi connectivity index (χ4n) is 2.98. The molecule has 0 aromatic rings. The van der Waals surface area contributed by atoms with Crippen molar-refractivity contribution in [3.05, 3.63) is 0 Å². The lowest BCUT2D eigenvalue weighted by Gasteiger charge is -2.41. The molecule has 2 atom stereocenters. The quantitative estimate of drug-likeness (QED) is 0.689. The van der Waals surface area contributed by atoms with Crippen LogP contribution < -0.4 is 5.32 Å². The highest BCUT2D eigenvalue weighted by atomic mass is 32.2. The summed E-state index contributed by atoms with van der Waals surface area (Å²) in [6.07, 6.45) is 1.55. The SMILES string of the molecule is CC(C)C1C(=O)NC(=O)CC12CCSC2. The molecule has 0 saturated carbocycles. The van der Waals surface area contributed by atoms with Crippen molar-refractivity contribution in [1.82, 2.24) is 5.32 Å². The third kappa shape index (κ3) is 1.80. The van der Waals surface area contributed by atoms with Crippen molar-refractivity contribution in [1.29, 1.82) is 0 Å². The van der Waals surface area contributed by atoms with Crippen molar-refractivity contribution in [2.45, 2.75) is 26.7 Å². The number of carbonyl (C=O) groups excluding carboxylic acids is 2. The van der Waals surface area contributed by atoms with Gasteiger partial charge in [-0.2, -0.15) is 11.8 Å². The number of hydrogen-bond donors (Lipinski definition) is 1. The van der Waals surface area contributed by atoms with Crippen LogP contribution in [0.4, 0.5) is 0 Å². The van der Waals surface area contributed by atoms with Crippen molar-refractivity contribution in [3.8, 4) is 0 Å². The Morgan fingerprint density at radius 2 is 2.20 bits per heavy atom. The summed E-state index contributed by atoms with van der Waals surface area (Å²) in [4.78, 5) is 23.3. The minimum atomic E-state index is -0.0839. The molecule has 2 unspecified atom stereocenters. The Balaban J connectivity index is 2.30. The summed E-state index contributed by atoms with van der Waals surface area (Å²) in [6, 6.07) is 0. The fourth-order valence-corrected chi connectivity index (χ4v) is 4.51. The molecule has 2 heterocycles. The van der Waals surface area contributed by atoms with Crippen LogP contribution in [0.5, 0.6) is 0 Å². The maximum absolute atomic E-state index is 11.9. The van der Waals surface area contributed by atoms with E-state index in [0.717, 1.165) is 17.9 Å². The average Bonchev–Trinajstić information content (AvgIpc) is 2.50. The van der Waals surface area contributed by atoms with E-state index in [4.69, 9.17) is 0 Å². The van der Waals surface area contributed by atoms with Gasteiger partial charge in [0.25, 0.3) is 0 Å². The molecule has 15 heavy (non-hydrogen) atoms. The summed E-state index contributed by atoms with van der Waals surface area (Å²) >= 11 is 1.87. The molecule has 0 aliphatic carbocycles. The highest BCUT2D eigenvalue weighted by Crippen LogP contribution is 2.49. The number of carbonyl (C=O) groups is 2. The Labute approximate surface area is 94.4 Å². The maximum Gasteiger partial charge on any atom is 0.230 e. The van der Waals surface area contributed by atoms with Gasteiger partial charge < -0.3 is 0 Å². The summed E-state index contributed by atoms with van der Waals surface area (Å²) in [6.45, 7) is 4.15. The summed E-state index contributed by atoms with van der Waals surface area (Å²) < 4.78 is 0. The number of thioether (sulfide) groups is 1. The largest absolute Gasteiger partial charge is 0.296 e. The number of piperidine rings is 1. The third-order valence-corrected chi connectivity index (χ3v) is 4.79. The second kappa shape index (κ2) is 3.81. The van der Waals surface area contributed by atoms with E-state index in [2.05, 4.69) is 19.2 Å². The predicted molar refractivity (Wildman–Crippen MR) is 60.5 cm³/mol. The molecule has 0 aromatic heterocycles. The van der Waals surface area contributed by atoms with E-state index in [-0.39, 0.29) is 23.1 Å². The first-order valence-electron chi connectivity index (χ1n) is 5.47. The second-order valence-corrected chi connectivity index (χ2v) is 6.08. The van der Waals surface area contributed by atoms with Crippen LogP contribution in [-0.4, -0.2) is 23.3 Å². The summed E-state index contributed by atoms with van der Waals surface area (Å²) in [5.74, 6) is 2.25. The van der Waals surface area contributed by atoms with Crippen LogP contribution in [-0.2, 0) is 9.59 Å². The van der Waals surface area contributed by atoms with Gasteiger partial charge >= 0.3 is 0 Å². The molecule has 2 saturated heterocycles. The van der Waals surface area contributed by atoms with Gasteiger partial charge in [0.2, 0.25) is 11.8 Å². The van der Waals surface area contributed by atoms with Crippen LogP contribution >= 0.6 is 11.8 Å². The highest BCUT2D eigenvalue weighted by molar-refractivity contribution is 7.99. The van der Waals surface area contributed by atoms with Crippen LogP contribution in [0.25, 0.3) is 0 Å². The zero-order valence-corrected chi connectivity index (χ0v) is 10.0. The van der Waals surface area contributed by atoms with Crippen LogP contribution in [0.2, 0.25) is 0 Å². The number of hydrogen-bond acceptors (Lipinski definition) is 3. The number of nitrogens with one attached hydrogen (secondary N) is 1. The van der Waals surface area contributed by atoms with Gasteiger partial charge in [-0.1, -0.05) is 13.8 Å². The van der Waals surface area contributed by atoms with Gasteiger partial charge in [0.1, 0.15) is 0 Å². The van der Waals surface area contributed by atoms with Crippen LogP contribution in [0, 0.1) is 17.3 Å². The third-order valence-electron chi connectivity index (χ3n) is 3.52. The van der Waals surface area contributed by atoms with E-state index < -0.39 is 0 Å². The molecule has 4 heteroatoms. The lowest BCUT2D eigenvalue weighted by molar-refractivity contribution is -0.144. The van der Waals surface area contributed by atoms with E-state index in [1.165, 1.54) is 0 Å². The van der Waals surface area contributed by atoms with Gasteiger partial charge in [0, 0.05) is 23.5 Å². The van der Waals surface area contributed by atoms with Crippen molar-refractivity contribution in [2.24, 2.45) is 17.3 Å². The minimum Gasteiger partial charge on any atom is -0.296 e. The van der Waals surface area contributed by atoms with Crippen molar-refractivity contribution < 1.29 is 9.59 Å². The maximum atomic E-state index is 11.9. The Morgan fingerprint density at radius 1 is 1.47 bits per heavy atom. The predicted octanol–water partition coefficient (Wildman–Crippen LogP) is 1.43. The standard InChI is InChI=1S/C11H17NO2S/c1-7(2)9-10(14)12-8(13)5-11(9)3-4-15-6-11/h7,9H,3-6H2,1-2H3,(H,12,13,14). The van der Waals surface area contributed by atoms with Crippen molar-refractivity contribution in [2.75, 3.05) is 11.5 Å². The Bertz CT molecular complexity index is 295. The van der Waals surface area contributed by atoms with Gasteiger partial charge in [-0.15, -0.1) is 0 Å². The van der Waals surface area contributed by atoms with Crippen LogP contribution in [0.15, 0.2) is 0 Å². The van der Waals surface area contributed by atoms with Gasteiger partial charge in [0.05, 0.1) is 0 Å². The lowest BCUT2D eigenvalue weighted by Crippen LogP contribution is -2.54. The van der Waals surface area contributed by atoms with Gasteiger partial charge in [-0.3, -0.25) is 14.9 Å². The monoisotopic (exact) mass is 227 g/mol. The van der Waals surface area contributed by atoms with E-state index in [9.17, 15) is 9.59 Å². The van der Waals surface area contributed by atoms with Crippen LogP contribution in [0.1, 0.15) is 26.7 Å². The van der Waals surface area contributed by atoms with Crippen molar-refractivity contribution >= 4 is 23.6 Å². The molecule has 1 spiro atoms. The van der Waals surface area contributed by atoms with E-state index in [0.29, 0.717) is 12.3 Å². The van der Waals surface area contributed by atoms with E-state index in [1.807, 2.05) is 11.8 Å². The van der Waals surface area contributed by atoms with E-state index >= 15 is 0 Å². The first kappa shape index (κ1) is 11.0. The molecule has 2 aliphatic rings. The average molecular weight is 227 g/mol. The minimum absolute atomic E-state index is 0.0187. The number of imide groups is 1. The molecule has 2 amide bonds. The zero-order valence-electron chi connectivity index (χ0n) is 9.21. The Hall–Kier alpha value is -0.510. The molecule has 0 bridgehead atoms. The molecule has 2 fully saturated rings. The molecule has 0 radical (unpaired) electrons. The molecule has 0 aromatic carbocycles. The second-order valence-electron chi connectivity index (χ2n) is 4.98. The topological polar surface area (TPSA) is 46.2 Å². The molecule has 84 valence electrons. The van der Waals surface area contributed by atoms with E-state index in [1.54, 1.807) is 0 Å². The van der Waals surface area contributed by atoms with Gasteiger partial charge in [0.15, 0.2) is 0 Å². The zero-order chi connectivity index (χ0) is 11.1. The summed E-state index contributed by atoms with van der Waals surface area (Å²) in [7, 11) is 0. The Morgan fingerprint density at radius 3 is 2.73 bits per heavy atom. The summed E-state index contributed by atoms with van der Waals surface area (Å²) in [5.41, 5.74) is -0.0434. The normalized spacial score (nSPS) is 36.3. The molecule has 2 rings (SSSR count). The van der Waals surface area contributed by atoms with Gasteiger partial charge in [-0.25, -0.2) is 0 Å². The van der Waals surface area contributed by atoms with Gasteiger partial charge in [-0.05, 0) is 18.1 Å². The number of rotatable bonds is 1. The number of amides is 2. The Kier molecular flexibility index (Phi) is 2.79. The molecule has 2 aliphatic heterocycles. The highest BCUT2D eigenvalue weighted by Gasteiger charge is 2.51. The molecular weight excluding hydrogens is 210 g/mol. The lowest BCUT2D eigenvalue weighted by atomic mass is 9.65. The first-order chi connectivity index (χ1) is 7.05. The van der Waals surface area contributed by atoms with Crippen molar-refractivity contribution in [3.63, 3.8) is 0 Å². The summed E-state index contributed by atoms with van der Waals surface area (Å²) in [5, 5.41) is 2.47.